The number of halogens is 4. The van der Waals surface area contributed by atoms with Gasteiger partial charge in [-0.3, -0.25) is 0 Å². The van der Waals surface area contributed by atoms with E-state index in [0.29, 0.717) is 11.1 Å². The fraction of sp³-hybridized carbons (Fsp3) is 0.320. The van der Waals surface area contributed by atoms with Crippen LogP contribution >= 0.6 is 23.4 Å². The van der Waals surface area contributed by atoms with Gasteiger partial charge in [0.05, 0.1) is 6.61 Å². The van der Waals surface area contributed by atoms with Gasteiger partial charge in [-0.25, -0.2) is 14.8 Å². The van der Waals surface area contributed by atoms with Gasteiger partial charge < -0.3 is 14.7 Å². The molecule has 1 aliphatic rings. The first-order valence-electron chi connectivity index (χ1n) is 11.1. The molecule has 0 bridgehead atoms. The molecule has 11 heteroatoms. The molecule has 4 rings (SSSR count). The number of aliphatic carboxylic acids is 1. The summed E-state index contributed by atoms with van der Waals surface area (Å²) >= 11 is 7.73. The van der Waals surface area contributed by atoms with Crippen molar-refractivity contribution in [2.75, 3.05) is 30.9 Å². The Morgan fingerprint density at radius 1 is 1.08 bits per heavy atom. The van der Waals surface area contributed by atoms with Gasteiger partial charge in [-0.05, 0) is 60.4 Å². The molecular formula is C25H25ClF3N3O3S. The third-order valence-corrected chi connectivity index (χ3v) is 6.51. The standard InChI is InChI=1S/C23H24ClN3OS.C2HF3O2/c1-29-21-8-4-19(5-9-21)18-2-6-20(7-3-18)28-15-17-10-12-27(13-11-17)23-14-22(24)25-16-26-23;3-2(4,5)1(6)7/h2-9,14,16-17H,10-13,15H2,1H3;(H,6,7). The summed E-state index contributed by atoms with van der Waals surface area (Å²) in [5.74, 6) is -0.361. The Hall–Kier alpha value is -2.98. The quantitative estimate of drug-likeness (QED) is 0.285. The number of nitrogens with zero attached hydrogens (tertiary/aromatic N) is 3. The average Bonchev–Trinajstić information content (AvgIpc) is 2.88. The van der Waals surface area contributed by atoms with Gasteiger partial charge in [-0.15, -0.1) is 11.8 Å². The number of ether oxygens (including phenoxy) is 1. The lowest BCUT2D eigenvalue weighted by molar-refractivity contribution is -0.192. The summed E-state index contributed by atoms with van der Waals surface area (Å²) in [5.41, 5.74) is 2.44. The third-order valence-electron chi connectivity index (χ3n) is 5.56. The monoisotopic (exact) mass is 539 g/mol. The van der Waals surface area contributed by atoms with E-state index >= 15 is 0 Å². The molecule has 0 atom stereocenters. The second-order valence-corrected chi connectivity index (χ2v) is 9.26. The maximum Gasteiger partial charge on any atom is 0.490 e. The number of hydrogen-bond acceptors (Lipinski definition) is 6. The van der Waals surface area contributed by atoms with Crippen LogP contribution in [0.3, 0.4) is 0 Å². The Kier molecular flexibility index (Phi) is 9.83. The Balaban J connectivity index is 0.000000454. The summed E-state index contributed by atoms with van der Waals surface area (Å²) in [5, 5.41) is 7.61. The Bertz CT molecular complexity index is 1120. The van der Waals surface area contributed by atoms with Crippen LogP contribution in [0.15, 0.2) is 65.8 Å². The number of thioether (sulfide) groups is 1. The van der Waals surface area contributed by atoms with E-state index in [-0.39, 0.29) is 0 Å². The second kappa shape index (κ2) is 12.8. The van der Waals surface area contributed by atoms with Gasteiger partial charge in [0.25, 0.3) is 0 Å². The van der Waals surface area contributed by atoms with Crippen LogP contribution in [0.4, 0.5) is 19.0 Å². The number of hydrogen-bond donors (Lipinski definition) is 1. The fourth-order valence-corrected chi connectivity index (χ4v) is 4.12. The van der Waals surface area contributed by atoms with Crippen LogP contribution in [0.25, 0.3) is 11.1 Å². The molecule has 0 amide bonds. The van der Waals surface area contributed by atoms with E-state index in [0.717, 1.165) is 44.1 Å². The molecule has 192 valence electrons. The zero-order chi connectivity index (χ0) is 26.1. The van der Waals surface area contributed by atoms with Crippen molar-refractivity contribution < 1.29 is 27.8 Å². The van der Waals surface area contributed by atoms with Gasteiger partial charge in [0.2, 0.25) is 0 Å². The van der Waals surface area contributed by atoms with E-state index in [2.05, 4.69) is 69.7 Å². The predicted octanol–water partition coefficient (Wildman–Crippen LogP) is 6.45. The number of carbonyl (C=O) groups is 1. The van der Waals surface area contributed by atoms with Crippen LogP contribution in [0, 0.1) is 5.92 Å². The molecule has 1 fully saturated rings. The fourth-order valence-electron chi connectivity index (χ4n) is 3.57. The number of carboxylic acids is 1. The highest BCUT2D eigenvalue weighted by atomic mass is 35.5. The van der Waals surface area contributed by atoms with Gasteiger partial charge in [-0.2, -0.15) is 13.2 Å². The van der Waals surface area contributed by atoms with Crippen LogP contribution in [-0.4, -0.2) is 53.2 Å². The normalized spacial score (nSPS) is 14.1. The van der Waals surface area contributed by atoms with Crippen molar-refractivity contribution in [3.05, 3.63) is 66.1 Å². The number of anilines is 1. The lowest BCUT2D eigenvalue weighted by Crippen LogP contribution is -2.36. The van der Waals surface area contributed by atoms with E-state index < -0.39 is 12.1 Å². The first-order chi connectivity index (χ1) is 17.2. The molecule has 0 aliphatic carbocycles. The lowest BCUT2D eigenvalue weighted by Gasteiger charge is -2.32. The first kappa shape index (κ1) is 27.6. The van der Waals surface area contributed by atoms with Crippen molar-refractivity contribution in [3.8, 4) is 16.9 Å². The summed E-state index contributed by atoms with van der Waals surface area (Å²) in [6.07, 6.45) is 0.702. The third kappa shape index (κ3) is 8.30. The van der Waals surface area contributed by atoms with Gasteiger partial charge in [0.1, 0.15) is 23.0 Å². The highest BCUT2D eigenvalue weighted by Gasteiger charge is 2.38. The van der Waals surface area contributed by atoms with Gasteiger partial charge in [0, 0.05) is 24.1 Å². The van der Waals surface area contributed by atoms with Crippen molar-refractivity contribution in [2.45, 2.75) is 23.9 Å². The average molecular weight is 540 g/mol. The van der Waals surface area contributed by atoms with Gasteiger partial charge in [-0.1, -0.05) is 35.9 Å². The van der Waals surface area contributed by atoms with Crippen molar-refractivity contribution >= 4 is 35.1 Å². The number of alkyl halides is 3. The summed E-state index contributed by atoms with van der Waals surface area (Å²) in [6, 6.07) is 18.9. The zero-order valence-corrected chi connectivity index (χ0v) is 21.0. The molecule has 1 aliphatic heterocycles. The maximum absolute atomic E-state index is 10.6. The predicted molar refractivity (Wildman–Crippen MR) is 135 cm³/mol. The Morgan fingerprint density at radius 3 is 2.14 bits per heavy atom. The highest BCUT2D eigenvalue weighted by molar-refractivity contribution is 7.98. The van der Waals surface area contributed by atoms with Crippen molar-refractivity contribution in [1.29, 1.82) is 0 Å². The molecule has 0 unspecified atom stereocenters. The number of benzene rings is 2. The van der Waals surface area contributed by atoms with Crippen LogP contribution < -0.4 is 9.64 Å². The highest BCUT2D eigenvalue weighted by Crippen LogP contribution is 2.27. The van der Waals surface area contributed by atoms with E-state index in [1.165, 1.54) is 22.3 Å². The SMILES string of the molecule is CSc1ccc(-c2ccc(OCC3CCN(c4cc(Cl)ncn4)CC3)cc2)cc1.O=C(O)C(F)(F)F. The topological polar surface area (TPSA) is 75.5 Å². The minimum Gasteiger partial charge on any atom is -0.493 e. The summed E-state index contributed by atoms with van der Waals surface area (Å²) in [4.78, 5) is 20.7. The molecule has 0 radical (unpaired) electrons. The zero-order valence-electron chi connectivity index (χ0n) is 19.4. The molecule has 1 saturated heterocycles. The van der Waals surface area contributed by atoms with E-state index in [1.807, 2.05) is 6.07 Å². The van der Waals surface area contributed by atoms with E-state index in [1.54, 1.807) is 11.8 Å². The minimum atomic E-state index is -5.08. The summed E-state index contributed by atoms with van der Waals surface area (Å²) in [6.45, 7) is 2.68. The molecule has 3 aromatic rings. The first-order valence-corrected chi connectivity index (χ1v) is 12.7. The summed E-state index contributed by atoms with van der Waals surface area (Å²) < 4.78 is 37.8. The Morgan fingerprint density at radius 2 is 1.64 bits per heavy atom. The van der Waals surface area contributed by atoms with E-state index in [4.69, 9.17) is 26.2 Å². The van der Waals surface area contributed by atoms with Crippen molar-refractivity contribution in [2.24, 2.45) is 5.92 Å². The Labute approximate surface area is 216 Å². The largest absolute Gasteiger partial charge is 0.493 e. The van der Waals surface area contributed by atoms with Crippen molar-refractivity contribution in [1.82, 2.24) is 9.97 Å². The molecule has 0 spiro atoms. The smallest absolute Gasteiger partial charge is 0.490 e. The maximum atomic E-state index is 10.6. The van der Waals surface area contributed by atoms with Crippen LogP contribution in [0.1, 0.15) is 12.8 Å². The van der Waals surface area contributed by atoms with Crippen molar-refractivity contribution in [3.63, 3.8) is 0 Å². The molecular weight excluding hydrogens is 515 g/mol. The number of piperidine rings is 1. The summed E-state index contributed by atoms with van der Waals surface area (Å²) in [7, 11) is 0. The molecule has 0 saturated carbocycles. The molecule has 2 aromatic carbocycles. The van der Waals surface area contributed by atoms with Crippen LogP contribution in [0.2, 0.25) is 5.15 Å². The molecule has 2 heterocycles. The second-order valence-electron chi connectivity index (χ2n) is 8.00. The van der Waals surface area contributed by atoms with E-state index in [9.17, 15) is 13.2 Å². The lowest BCUT2D eigenvalue weighted by atomic mass is 9.98. The van der Waals surface area contributed by atoms with Crippen LogP contribution in [0.5, 0.6) is 5.75 Å². The minimum absolute atomic E-state index is 0.490. The number of carboxylic acid groups (broad SMARTS) is 1. The number of rotatable bonds is 6. The van der Waals surface area contributed by atoms with Gasteiger partial charge in [0.15, 0.2) is 0 Å². The molecule has 1 aromatic heterocycles. The van der Waals surface area contributed by atoms with Gasteiger partial charge >= 0.3 is 12.1 Å². The van der Waals surface area contributed by atoms with Crippen LogP contribution in [-0.2, 0) is 4.79 Å². The molecule has 6 nitrogen and oxygen atoms in total. The molecule has 36 heavy (non-hydrogen) atoms. The number of aromatic nitrogens is 2. The molecule has 1 N–H and O–H groups in total.